The van der Waals surface area contributed by atoms with Crippen LogP contribution in [0.15, 0.2) is 42.6 Å². The molecule has 0 aliphatic rings. The van der Waals surface area contributed by atoms with Gasteiger partial charge in [-0.25, -0.2) is 9.18 Å². The van der Waals surface area contributed by atoms with E-state index >= 15 is 0 Å². The van der Waals surface area contributed by atoms with Crippen LogP contribution >= 0.6 is 0 Å². The van der Waals surface area contributed by atoms with Crippen LogP contribution in [-0.4, -0.2) is 22.0 Å². The summed E-state index contributed by atoms with van der Waals surface area (Å²) in [6.07, 6.45) is 1.84. The molecule has 114 valence electrons. The number of carboxylic acid groups (broad SMARTS) is 1. The Bertz CT molecular complexity index is 689. The molecule has 6 heteroatoms. The first-order chi connectivity index (χ1) is 10.6. The van der Waals surface area contributed by atoms with Gasteiger partial charge >= 0.3 is 5.97 Å². The van der Waals surface area contributed by atoms with Crippen molar-refractivity contribution in [1.82, 2.24) is 10.3 Å². The molecular weight excluding hydrogens is 287 g/mol. The summed E-state index contributed by atoms with van der Waals surface area (Å²) in [6, 6.07) is 9.10. The average Bonchev–Trinajstić information content (AvgIpc) is 2.52. The van der Waals surface area contributed by atoms with E-state index in [0.29, 0.717) is 17.7 Å². The SMILES string of the molecule is O=C(CCc1ccccc1F)NCc1cc(C(=O)O)ccn1. The number of carboxylic acids is 1. The Morgan fingerprint density at radius 3 is 2.73 bits per heavy atom. The van der Waals surface area contributed by atoms with Crippen molar-refractivity contribution in [2.75, 3.05) is 0 Å². The standard InChI is InChI=1S/C16H15FN2O3/c17-14-4-2-1-3-11(14)5-6-15(20)19-10-13-9-12(16(21)22)7-8-18-13/h1-4,7-9H,5-6,10H2,(H,19,20)(H,21,22). The van der Waals surface area contributed by atoms with Gasteiger partial charge in [0, 0.05) is 12.6 Å². The normalized spacial score (nSPS) is 10.2. The molecule has 2 aromatic rings. The van der Waals surface area contributed by atoms with Crippen molar-refractivity contribution in [3.8, 4) is 0 Å². The first-order valence-electron chi connectivity index (χ1n) is 6.74. The van der Waals surface area contributed by atoms with E-state index in [1.54, 1.807) is 18.2 Å². The fraction of sp³-hybridized carbons (Fsp3) is 0.188. The third-order valence-electron chi connectivity index (χ3n) is 3.11. The van der Waals surface area contributed by atoms with Gasteiger partial charge in [-0.3, -0.25) is 9.78 Å². The van der Waals surface area contributed by atoms with Gasteiger partial charge in [-0.05, 0) is 30.2 Å². The lowest BCUT2D eigenvalue weighted by Crippen LogP contribution is -2.23. The number of carbonyl (C=O) groups is 2. The molecule has 0 radical (unpaired) electrons. The number of benzene rings is 1. The highest BCUT2D eigenvalue weighted by atomic mass is 19.1. The molecule has 0 bridgehead atoms. The Hall–Kier alpha value is -2.76. The third-order valence-corrected chi connectivity index (χ3v) is 3.11. The summed E-state index contributed by atoms with van der Waals surface area (Å²) >= 11 is 0. The van der Waals surface area contributed by atoms with Crippen LogP contribution in [0.4, 0.5) is 4.39 Å². The van der Waals surface area contributed by atoms with Crippen LogP contribution in [0.5, 0.6) is 0 Å². The topological polar surface area (TPSA) is 79.3 Å². The Morgan fingerprint density at radius 1 is 1.23 bits per heavy atom. The van der Waals surface area contributed by atoms with Gasteiger partial charge in [-0.15, -0.1) is 0 Å². The Morgan fingerprint density at radius 2 is 2.00 bits per heavy atom. The smallest absolute Gasteiger partial charge is 0.335 e. The molecule has 1 aromatic carbocycles. The van der Waals surface area contributed by atoms with Gasteiger partial charge in [0.1, 0.15) is 5.82 Å². The quantitative estimate of drug-likeness (QED) is 0.857. The number of hydrogen-bond acceptors (Lipinski definition) is 3. The summed E-state index contributed by atoms with van der Waals surface area (Å²) in [4.78, 5) is 26.6. The second-order valence-electron chi connectivity index (χ2n) is 4.71. The van der Waals surface area contributed by atoms with E-state index < -0.39 is 5.97 Å². The summed E-state index contributed by atoms with van der Waals surface area (Å²) in [5, 5.41) is 11.5. The monoisotopic (exact) mass is 302 g/mol. The number of nitrogens with zero attached hydrogens (tertiary/aromatic N) is 1. The number of carbonyl (C=O) groups excluding carboxylic acids is 1. The van der Waals surface area contributed by atoms with E-state index in [4.69, 9.17) is 5.11 Å². The molecule has 1 aromatic heterocycles. The molecular formula is C16H15FN2O3. The van der Waals surface area contributed by atoms with Gasteiger partial charge in [-0.2, -0.15) is 0 Å². The van der Waals surface area contributed by atoms with Gasteiger partial charge in [0.15, 0.2) is 0 Å². The lowest BCUT2D eigenvalue weighted by atomic mass is 10.1. The number of aromatic carboxylic acids is 1. The lowest BCUT2D eigenvalue weighted by molar-refractivity contribution is -0.121. The average molecular weight is 302 g/mol. The van der Waals surface area contributed by atoms with Crippen LogP contribution in [0.1, 0.15) is 28.0 Å². The largest absolute Gasteiger partial charge is 0.478 e. The third kappa shape index (κ3) is 4.37. The van der Waals surface area contributed by atoms with Crippen molar-refractivity contribution in [2.45, 2.75) is 19.4 Å². The second-order valence-corrected chi connectivity index (χ2v) is 4.71. The molecule has 0 atom stereocenters. The first kappa shape index (κ1) is 15.6. The van der Waals surface area contributed by atoms with Crippen molar-refractivity contribution in [1.29, 1.82) is 0 Å². The lowest BCUT2D eigenvalue weighted by Gasteiger charge is -2.06. The predicted octanol–water partition coefficient (Wildman–Crippen LogP) is 2.17. The van der Waals surface area contributed by atoms with Crippen molar-refractivity contribution < 1.29 is 19.1 Å². The zero-order valence-corrected chi connectivity index (χ0v) is 11.8. The Balaban J connectivity index is 1.84. The minimum atomic E-state index is -1.05. The zero-order chi connectivity index (χ0) is 15.9. The fourth-order valence-electron chi connectivity index (χ4n) is 1.93. The molecule has 0 saturated heterocycles. The Kier molecular flexibility index (Phi) is 5.19. The molecule has 2 N–H and O–H groups in total. The van der Waals surface area contributed by atoms with Crippen LogP contribution < -0.4 is 5.32 Å². The molecule has 0 aliphatic carbocycles. The Labute approximate surface area is 126 Å². The number of aromatic nitrogens is 1. The van der Waals surface area contributed by atoms with Crippen molar-refractivity contribution >= 4 is 11.9 Å². The van der Waals surface area contributed by atoms with E-state index in [1.807, 2.05) is 0 Å². The number of rotatable bonds is 6. The molecule has 5 nitrogen and oxygen atoms in total. The number of amides is 1. The van der Waals surface area contributed by atoms with Crippen LogP contribution in [0.25, 0.3) is 0 Å². The molecule has 0 aliphatic heterocycles. The van der Waals surface area contributed by atoms with Crippen LogP contribution in [-0.2, 0) is 17.8 Å². The van der Waals surface area contributed by atoms with Crippen molar-refractivity contribution in [3.63, 3.8) is 0 Å². The second kappa shape index (κ2) is 7.31. The maximum atomic E-state index is 13.4. The fourth-order valence-corrected chi connectivity index (χ4v) is 1.93. The van der Waals surface area contributed by atoms with Gasteiger partial charge in [0.25, 0.3) is 0 Å². The van der Waals surface area contributed by atoms with Gasteiger partial charge in [-0.1, -0.05) is 18.2 Å². The maximum absolute atomic E-state index is 13.4. The number of aryl methyl sites for hydroxylation is 1. The summed E-state index contributed by atoms with van der Waals surface area (Å²) in [7, 11) is 0. The van der Waals surface area contributed by atoms with E-state index in [9.17, 15) is 14.0 Å². The minimum Gasteiger partial charge on any atom is -0.478 e. The van der Waals surface area contributed by atoms with Crippen molar-refractivity contribution in [3.05, 3.63) is 65.2 Å². The maximum Gasteiger partial charge on any atom is 0.335 e. The van der Waals surface area contributed by atoms with E-state index in [0.717, 1.165) is 0 Å². The number of hydrogen-bond donors (Lipinski definition) is 2. The molecule has 2 rings (SSSR count). The van der Waals surface area contributed by atoms with Crippen LogP contribution in [0, 0.1) is 5.82 Å². The van der Waals surface area contributed by atoms with E-state index in [-0.39, 0.29) is 30.3 Å². The molecule has 0 saturated carbocycles. The first-order valence-corrected chi connectivity index (χ1v) is 6.74. The number of pyridine rings is 1. The predicted molar refractivity (Wildman–Crippen MR) is 77.8 cm³/mol. The molecule has 1 heterocycles. The highest BCUT2D eigenvalue weighted by molar-refractivity contribution is 5.87. The highest BCUT2D eigenvalue weighted by Gasteiger charge is 2.07. The van der Waals surface area contributed by atoms with Crippen LogP contribution in [0.2, 0.25) is 0 Å². The molecule has 22 heavy (non-hydrogen) atoms. The number of nitrogens with one attached hydrogen (secondary N) is 1. The van der Waals surface area contributed by atoms with Gasteiger partial charge in [0.05, 0.1) is 17.8 Å². The van der Waals surface area contributed by atoms with Gasteiger partial charge < -0.3 is 10.4 Å². The zero-order valence-electron chi connectivity index (χ0n) is 11.8. The summed E-state index contributed by atoms with van der Waals surface area (Å²) in [5.41, 5.74) is 1.06. The minimum absolute atomic E-state index is 0.116. The summed E-state index contributed by atoms with van der Waals surface area (Å²) < 4.78 is 13.4. The van der Waals surface area contributed by atoms with E-state index in [1.165, 1.54) is 24.4 Å². The highest BCUT2D eigenvalue weighted by Crippen LogP contribution is 2.09. The molecule has 1 amide bonds. The summed E-state index contributed by atoms with van der Waals surface area (Å²) in [5.74, 6) is -1.62. The van der Waals surface area contributed by atoms with Crippen LogP contribution in [0.3, 0.4) is 0 Å². The number of halogens is 1. The molecule has 0 spiro atoms. The van der Waals surface area contributed by atoms with Gasteiger partial charge in [0.2, 0.25) is 5.91 Å². The molecule has 0 fully saturated rings. The molecule has 0 unspecified atom stereocenters. The van der Waals surface area contributed by atoms with E-state index in [2.05, 4.69) is 10.3 Å². The summed E-state index contributed by atoms with van der Waals surface area (Å²) in [6.45, 7) is 0.136. The van der Waals surface area contributed by atoms with Crippen molar-refractivity contribution in [2.24, 2.45) is 0 Å².